The summed E-state index contributed by atoms with van der Waals surface area (Å²) in [5, 5.41) is 11.5. The zero-order chi connectivity index (χ0) is 24.2. The largest absolute Gasteiger partial charge is 0.477 e. The molecular formula is C21H25N3O8S. The number of carbonyl (C=O) groups is 4. The van der Waals surface area contributed by atoms with Gasteiger partial charge in [-0.1, -0.05) is 30.3 Å². The molecule has 0 bridgehead atoms. The minimum Gasteiger partial charge on any atom is -0.477 e. The zero-order valence-corrected chi connectivity index (χ0v) is 18.9. The van der Waals surface area contributed by atoms with E-state index in [1.165, 1.54) is 25.8 Å². The first-order chi connectivity index (χ1) is 15.7. The summed E-state index contributed by atoms with van der Waals surface area (Å²) >= 11 is 1.18. The molecule has 0 saturated carbocycles. The Kier molecular flexibility index (Phi) is 7.74. The van der Waals surface area contributed by atoms with E-state index >= 15 is 0 Å². The van der Waals surface area contributed by atoms with E-state index in [-0.39, 0.29) is 36.8 Å². The highest BCUT2D eigenvalue weighted by Crippen LogP contribution is 2.47. The molecule has 11 nitrogen and oxygen atoms in total. The Morgan fingerprint density at radius 1 is 1.30 bits per heavy atom. The quantitative estimate of drug-likeness (QED) is 0.180. The second-order valence-corrected chi connectivity index (χ2v) is 8.40. The van der Waals surface area contributed by atoms with E-state index in [1.54, 1.807) is 30.3 Å². The zero-order valence-electron chi connectivity index (χ0n) is 18.1. The number of fused-ring (bicyclic) bond motifs is 1. The fraction of sp³-hybridized carbons (Fsp3) is 0.429. The number of hydrogen-bond acceptors (Lipinski definition) is 9. The molecule has 0 aromatic heterocycles. The van der Waals surface area contributed by atoms with Gasteiger partial charge in [-0.2, -0.15) is 0 Å². The number of hydrogen-bond donors (Lipinski definition) is 3. The van der Waals surface area contributed by atoms with E-state index in [4.69, 9.17) is 19.9 Å². The number of β-lactam (4-membered cyclic amide) rings is 1. The number of nitrogens with two attached hydrogens (primary N) is 1. The number of thioether (sulfide) groups is 1. The molecule has 2 amide bonds. The fourth-order valence-electron chi connectivity index (χ4n) is 3.53. The predicted octanol–water partition coefficient (Wildman–Crippen LogP) is -0.0212. The molecule has 1 aromatic carbocycles. The molecule has 12 heteroatoms. The van der Waals surface area contributed by atoms with E-state index < -0.39 is 40.9 Å². The van der Waals surface area contributed by atoms with Crippen molar-refractivity contribution in [2.45, 2.75) is 24.1 Å². The smallest absolute Gasteiger partial charge is 0.352 e. The van der Waals surface area contributed by atoms with Gasteiger partial charge in [-0.05, 0) is 5.56 Å². The van der Waals surface area contributed by atoms with Crippen LogP contribution in [0.4, 0.5) is 0 Å². The molecule has 2 aliphatic rings. The average molecular weight is 480 g/mol. The second-order valence-electron chi connectivity index (χ2n) is 7.33. The molecule has 0 aliphatic carbocycles. The normalized spacial score (nSPS) is 22.8. The average Bonchev–Trinajstić information content (AvgIpc) is 2.81. The van der Waals surface area contributed by atoms with Gasteiger partial charge in [0.1, 0.15) is 23.7 Å². The molecule has 33 heavy (non-hydrogen) atoms. The van der Waals surface area contributed by atoms with Gasteiger partial charge in [0.15, 0.2) is 0 Å². The maximum atomic E-state index is 13.3. The van der Waals surface area contributed by atoms with Crippen LogP contribution < -0.4 is 11.1 Å². The lowest BCUT2D eigenvalue weighted by atomic mass is 9.97. The Hall–Kier alpha value is -2.93. The van der Waals surface area contributed by atoms with Crippen molar-refractivity contribution in [1.82, 2.24) is 10.2 Å². The van der Waals surface area contributed by atoms with Crippen LogP contribution in [0.2, 0.25) is 0 Å². The molecular weight excluding hydrogens is 454 g/mol. The van der Waals surface area contributed by atoms with Crippen LogP contribution in [0.25, 0.3) is 0 Å². The molecule has 1 fully saturated rings. The van der Waals surface area contributed by atoms with Gasteiger partial charge >= 0.3 is 11.9 Å². The first-order valence-electron chi connectivity index (χ1n) is 10.0. The minimum atomic E-state index is -1.82. The van der Waals surface area contributed by atoms with E-state index in [2.05, 4.69) is 5.32 Å². The van der Waals surface area contributed by atoms with Crippen molar-refractivity contribution in [3.8, 4) is 0 Å². The van der Waals surface area contributed by atoms with Gasteiger partial charge in [0, 0.05) is 25.4 Å². The molecule has 1 saturated heterocycles. The van der Waals surface area contributed by atoms with Gasteiger partial charge in [-0.15, -0.1) is 11.8 Å². The van der Waals surface area contributed by atoms with Gasteiger partial charge < -0.3 is 30.4 Å². The van der Waals surface area contributed by atoms with Crippen molar-refractivity contribution in [2.24, 2.45) is 5.73 Å². The number of nitrogens with zero attached hydrogens (tertiary/aromatic N) is 1. The van der Waals surface area contributed by atoms with Crippen molar-refractivity contribution in [3.63, 3.8) is 0 Å². The number of rotatable bonds is 10. The molecule has 3 rings (SSSR count). The highest BCUT2D eigenvalue weighted by Gasteiger charge is 2.67. The lowest BCUT2D eigenvalue weighted by molar-refractivity contribution is -0.200. The van der Waals surface area contributed by atoms with Gasteiger partial charge in [0.25, 0.3) is 11.6 Å². The van der Waals surface area contributed by atoms with E-state index in [0.29, 0.717) is 5.56 Å². The fourth-order valence-corrected chi connectivity index (χ4v) is 4.92. The number of amides is 2. The van der Waals surface area contributed by atoms with Crippen LogP contribution in [-0.2, 0) is 33.4 Å². The summed E-state index contributed by atoms with van der Waals surface area (Å²) in [4.78, 5) is 50.4. The van der Waals surface area contributed by atoms with E-state index in [9.17, 15) is 24.3 Å². The van der Waals surface area contributed by atoms with Crippen molar-refractivity contribution in [3.05, 3.63) is 47.2 Å². The second kappa shape index (κ2) is 10.3. The number of carboxylic acid groups (broad SMARTS) is 1. The number of nitrogens with one attached hydrogen (secondary N) is 1. The number of carboxylic acids is 1. The summed E-state index contributed by atoms with van der Waals surface area (Å²) in [6.07, 6.45) is 0. The molecule has 4 N–H and O–H groups in total. The summed E-state index contributed by atoms with van der Waals surface area (Å²) in [6, 6.07) is 7.53. The number of ether oxygens (including phenoxy) is 3. The van der Waals surface area contributed by atoms with Crippen molar-refractivity contribution >= 4 is 35.5 Å². The first-order valence-corrected chi connectivity index (χ1v) is 11.1. The van der Waals surface area contributed by atoms with Crippen LogP contribution in [0.5, 0.6) is 0 Å². The van der Waals surface area contributed by atoms with Crippen LogP contribution in [-0.4, -0.2) is 77.5 Å². The van der Waals surface area contributed by atoms with Crippen molar-refractivity contribution in [2.75, 3.05) is 32.7 Å². The van der Waals surface area contributed by atoms with Crippen molar-refractivity contribution in [1.29, 1.82) is 0 Å². The monoisotopic (exact) mass is 479 g/mol. The molecule has 1 aromatic rings. The predicted molar refractivity (Wildman–Crippen MR) is 116 cm³/mol. The van der Waals surface area contributed by atoms with Crippen LogP contribution in [0.1, 0.15) is 18.5 Å². The number of aliphatic carboxylic acids is 1. The highest BCUT2D eigenvalue weighted by molar-refractivity contribution is 8.00. The van der Waals surface area contributed by atoms with Gasteiger partial charge in [0.2, 0.25) is 5.91 Å². The maximum Gasteiger partial charge on any atom is 0.352 e. The number of carbonyl (C=O) groups excluding carboxylic acids is 3. The summed E-state index contributed by atoms with van der Waals surface area (Å²) in [7, 11) is 1.46. The Morgan fingerprint density at radius 2 is 2.00 bits per heavy atom. The van der Waals surface area contributed by atoms with E-state index in [0.717, 1.165) is 4.90 Å². The molecule has 178 valence electrons. The summed E-state index contributed by atoms with van der Waals surface area (Å²) in [6.45, 7) is 1.06. The van der Waals surface area contributed by atoms with E-state index in [1.807, 2.05) is 0 Å². The third-order valence-corrected chi connectivity index (χ3v) is 6.50. The van der Waals surface area contributed by atoms with Gasteiger partial charge in [0.05, 0.1) is 13.2 Å². The van der Waals surface area contributed by atoms with Gasteiger partial charge in [-0.25, -0.2) is 4.79 Å². The molecule has 0 radical (unpaired) electrons. The van der Waals surface area contributed by atoms with Gasteiger partial charge in [-0.3, -0.25) is 19.3 Å². The maximum absolute atomic E-state index is 13.3. The summed E-state index contributed by atoms with van der Waals surface area (Å²) in [5.41, 5.74) is 4.78. The Balaban J connectivity index is 1.88. The van der Waals surface area contributed by atoms with Crippen LogP contribution >= 0.6 is 11.8 Å². The Morgan fingerprint density at radius 3 is 2.61 bits per heavy atom. The lowest BCUT2D eigenvalue weighted by Crippen LogP contribution is -2.81. The topological polar surface area (TPSA) is 157 Å². The van der Waals surface area contributed by atoms with Crippen LogP contribution in [0.3, 0.4) is 0 Å². The standard InChI is InChI=1S/C21H25N3O8S/c1-12(25)31-10-14-11-33-20-21(32-9-8-30-2,19(29)24(20)16(14)18(27)28)23-17(26)15(22)13-6-4-3-5-7-13/h3-7,15,20H,8-11,22H2,1-2H3,(H,23,26)(H,27,28)/t15?,20-,21-/m1/s1. The number of methoxy groups -OCH3 is 1. The molecule has 3 atom stereocenters. The van der Waals surface area contributed by atoms with Crippen LogP contribution in [0.15, 0.2) is 41.6 Å². The highest BCUT2D eigenvalue weighted by atomic mass is 32.2. The molecule has 2 aliphatic heterocycles. The lowest BCUT2D eigenvalue weighted by Gasteiger charge is -2.56. The summed E-state index contributed by atoms with van der Waals surface area (Å²) in [5.74, 6) is -3.19. The molecule has 0 spiro atoms. The molecule has 1 unspecified atom stereocenters. The first kappa shape index (κ1) is 24.7. The molecule has 2 heterocycles. The number of benzene rings is 1. The third-order valence-electron chi connectivity index (χ3n) is 5.13. The minimum absolute atomic E-state index is 0.0274. The number of esters is 1. The SMILES string of the molecule is COCCO[C@]1(NC(=O)C(N)c2ccccc2)C(=O)N2C(C(=O)O)=C(COC(C)=O)CS[C@@H]21. The Bertz CT molecular complexity index is 970. The van der Waals surface area contributed by atoms with Crippen LogP contribution in [0, 0.1) is 0 Å². The summed E-state index contributed by atoms with van der Waals surface area (Å²) < 4.78 is 15.7. The van der Waals surface area contributed by atoms with Crippen molar-refractivity contribution < 1.29 is 38.5 Å². The third kappa shape index (κ3) is 4.88. The Labute approximate surface area is 194 Å².